The molecular weight excluding hydrogens is 319 g/mol. The maximum Gasteiger partial charge on any atom is 0.416 e. The first-order valence-electron chi connectivity index (χ1n) is 8.38. The summed E-state index contributed by atoms with van der Waals surface area (Å²) in [5, 5.41) is 0. The van der Waals surface area contributed by atoms with Gasteiger partial charge in [-0.3, -0.25) is 9.69 Å². The molecule has 0 amide bonds. The van der Waals surface area contributed by atoms with Crippen LogP contribution in [0.25, 0.3) is 0 Å². The van der Waals surface area contributed by atoms with Crippen LogP contribution in [-0.4, -0.2) is 36.6 Å². The average molecular weight is 343 g/mol. The van der Waals surface area contributed by atoms with Crippen LogP contribution in [0.4, 0.5) is 13.2 Å². The number of hydrogen-bond acceptors (Lipinski definition) is 3. The Labute approximate surface area is 140 Å². The molecule has 0 radical (unpaired) electrons. The second-order valence-electron chi connectivity index (χ2n) is 6.34. The van der Waals surface area contributed by atoms with Gasteiger partial charge >= 0.3 is 12.1 Å². The lowest BCUT2D eigenvalue weighted by molar-refractivity contribution is -0.150. The third kappa shape index (κ3) is 4.97. The fourth-order valence-corrected chi connectivity index (χ4v) is 3.20. The maximum absolute atomic E-state index is 12.8. The fourth-order valence-electron chi connectivity index (χ4n) is 3.20. The molecule has 0 N–H and O–H groups in total. The molecule has 1 aromatic rings. The summed E-state index contributed by atoms with van der Waals surface area (Å²) in [6.07, 6.45) is -2.08. The lowest BCUT2D eigenvalue weighted by Crippen LogP contribution is -2.44. The predicted octanol–water partition coefficient (Wildman–Crippen LogP) is 3.91. The van der Waals surface area contributed by atoms with E-state index < -0.39 is 11.7 Å². The Balaban J connectivity index is 1.99. The number of piperidine rings is 1. The van der Waals surface area contributed by atoms with Crippen LogP contribution < -0.4 is 0 Å². The minimum atomic E-state index is -4.32. The summed E-state index contributed by atoms with van der Waals surface area (Å²) >= 11 is 0. The molecule has 134 valence electrons. The van der Waals surface area contributed by atoms with E-state index in [1.807, 2.05) is 6.92 Å². The molecule has 0 bridgehead atoms. The van der Waals surface area contributed by atoms with Gasteiger partial charge < -0.3 is 4.74 Å². The molecule has 2 atom stereocenters. The Morgan fingerprint density at radius 3 is 2.83 bits per heavy atom. The molecule has 0 unspecified atom stereocenters. The SMILES string of the molecule is CCOC(=O)[C@H]1CCCN([C@@H](C)Cc2cccc(C(F)(F)F)c2)C1. The number of ether oxygens (including phenoxy) is 1. The van der Waals surface area contributed by atoms with Crippen LogP contribution in [0.15, 0.2) is 24.3 Å². The van der Waals surface area contributed by atoms with E-state index in [0.717, 1.165) is 25.5 Å². The molecule has 0 aromatic heterocycles. The summed E-state index contributed by atoms with van der Waals surface area (Å²) in [6.45, 7) is 5.62. The van der Waals surface area contributed by atoms with Gasteiger partial charge in [-0.15, -0.1) is 0 Å². The highest BCUT2D eigenvalue weighted by Crippen LogP contribution is 2.30. The van der Waals surface area contributed by atoms with Crippen molar-refractivity contribution in [3.63, 3.8) is 0 Å². The van der Waals surface area contributed by atoms with Crippen molar-refractivity contribution in [1.82, 2.24) is 4.90 Å². The topological polar surface area (TPSA) is 29.5 Å². The van der Waals surface area contributed by atoms with Gasteiger partial charge in [0, 0.05) is 12.6 Å². The first-order chi connectivity index (χ1) is 11.3. The third-order valence-electron chi connectivity index (χ3n) is 4.48. The first-order valence-corrected chi connectivity index (χ1v) is 8.38. The van der Waals surface area contributed by atoms with Gasteiger partial charge in [-0.1, -0.05) is 18.2 Å². The number of benzene rings is 1. The number of carbonyl (C=O) groups excluding carboxylic acids is 1. The minimum absolute atomic E-state index is 0.0747. The van der Waals surface area contributed by atoms with Gasteiger partial charge in [0.05, 0.1) is 18.1 Å². The number of rotatable bonds is 5. The lowest BCUT2D eigenvalue weighted by atomic mass is 9.95. The van der Waals surface area contributed by atoms with Crippen LogP contribution >= 0.6 is 0 Å². The van der Waals surface area contributed by atoms with E-state index >= 15 is 0 Å². The first kappa shape index (κ1) is 18.8. The monoisotopic (exact) mass is 343 g/mol. The van der Waals surface area contributed by atoms with Crippen molar-refractivity contribution in [1.29, 1.82) is 0 Å². The lowest BCUT2D eigenvalue weighted by Gasteiger charge is -2.36. The van der Waals surface area contributed by atoms with E-state index in [9.17, 15) is 18.0 Å². The Bertz CT molecular complexity index is 559. The highest BCUT2D eigenvalue weighted by molar-refractivity contribution is 5.72. The van der Waals surface area contributed by atoms with Gasteiger partial charge in [-0.05, 0) is 51.3 Å². The van der Waals surface area contributed by atoms with Crippen LogP contribution in [0.1, 0.15) is 37.8 Å². The smallest absolute Gasteiger partial charge is 0.416 e. The fraction of sp³-hybridized carbons (Fsp3) is 0.611. The van der Waals surface area contributed by atoms with Gasteiger partial charge in [0.1, 0.15) is 0 Å². The molecular formula is C18H24F3NO2. The van der Waals surface area contributed by atoms with E-state index in [0.29, 0.717) is 25.1 Å². The number of hydrogen-bond donors (Lipinski definition) is 0. The van der Waals surface area contributed by atoms with Crippen LogP contribution in [0.3, 0.4) is 0 Å². The van der Waals surface area contributed by atoms with Crippen LogP contribution in [0.5, 0.6) is 0 Å². The Hall–Kier alpha value is -1.56. The third-order valence-corrected chi connectivity index (χ3v) is 4.48. The molecule has 1 aliphatic rings. The van der Waals surface area contributed by atoms with E-state index in [1.165, 1.54) is 12.1 Å². The molecule has 3 nitrogen and oxygen atoms in total. The van der Waals surface area contributed by atoms with Crippen molar-refractivity contribution in [3.05, 3.63) is 35.4 Å². The summed E-state index contributed by atoms with van der Waals surface area (Å²) in [5.41, 5.74) is 0.0471. The zero-order valence-electron chi connectivity index (χ0n) is 14.1. The molecule has 1 fully saturated rings. The van der Waals surface area contributed by atoms with Gasteiger partial charge in [0.25, 0.3) is 0 Å². The second-order valence-corrected chi connectivity index (χ2v) is 6.34. The quantitative estimate of drug-likeness (QED) is 0.759. The number of carbonyl (C=O) groups is 1. The summed E-state index contributed by atoms with van der Waals surface area (Å²) in [5.74, 6) is -0.309. The average Bonchev–Trinajstić information content (AvgIpc) is 2.54. The van der Waals surface area contributed by atoms with Gasteiger partial charge in [0.15, 0.2) is 0 Å². The normalized spacial score (nSPS) is 20.6. The summed E-state index contributed by atoms with van der Waals surface area (Å²) in [7, 11) is 0. The molecule has 0 aliphatic carbocycles. The van der Waals surface area contributed by atoms with Crippen molar-refractivity contribution in [3.8, 4) is 0 Å². The number of esters is 1. The standard InChI is InChI=1S/C18H24F3NO2/c1-3-24-17(23)15-7-5-9-22(12-15)13(2)10-14-6-4-8-16(11-14)18(19,20)21/h4,6,8,11,13,15H,3,5,7,9-10,12H2,1-2H3/t13-,15-/m0/s1. The number of alkyl halides is 3. The van der Waals surface area contributed by atoms with Crippen molar-refractivity contribution >= 4 is 5.97 Å². The van der Waals surface area contributed by atoms with Crippen LogP contribution in [0, 0.1) is 5.92 Å². The van der Waals surface area contributed by atoms with Crippen molar-refractivity contribution < 1.29 is 22.7 Å². The van der Waals surface area contributed by atoms with Gasteiger partial charge in [0.2, 0.25) is 0 Å². The maximum atomic E-state index is 12.8. The Morgan fingerprint density at radius 1 is 1.42 bits per heavy atom. The molecule has 0 spiro atoms. The van der Waals surface area contributed by atoms with Crippen molar-refractivity contribution in [2.45, 2.75) is 45.3 Å². The van der Waals surface area contributed by atoms with Crippen LogP contribution in [-0.2, 0) is 22.1 Å². The van der Waals surface area contributed by atoms with E-state index in [-0.39, 0.29) is 17.9 Å². The summed E-state index contributed by atoms with van der Waals surface area (Å²) < 4.78 is 43.5. The van der Waals surface area contributed by atoms with Crippen molar-refractivity contribution in [2.24, 2.45) is 5.92 Å². The molecule has 24 heavy (non-hydrogen) atoms. The summed E-state index contributed by atoms with van der Waals surface area (Å²) in [6, 6.07) is 5.54. The largest absolute Gasteiger partial charge is 0.466 e. The zero-order valence-corrected chi connectivity index (χ0v) is 14.1. The highest BCUT2D eigenvalue weighted by atomic mass is 19.4. The molecule has 0 saturated carbocycles. The van der Waals surface area contributed by atoms with Gasteiger partial charge in [-0.25, -0.2) is 0 Å². The van der Waals surface area contributed by atoms with Crippen LogP contribution in [0.2, 0.25) is 0 Å². The minimum Gasteiger partial charge on any atom is -0.466 e. The van der Waals surface area contributed by atoms with E-state index in [1.54, 1.807) is 13.0 Å². The number of likely N-dealkylation sites (tertiary alicyclic amines) is 1. The van der Waals surface area contributed by atoms with Crippen molar-refractivity contribution in [2.75, 3.05) is 19.7 Å². The van der Waals surface area contributed by atoms with Gasteiger partial charge in [-0.2, -0.15) is 13.2 Å². The molecule has 6 heteroatoms. The zero-order chi connectivity index (χ0) is 17.7. The second kappa shape index (κ2) is 8.01. The Kier molecular flexibility index (Phi) is 6.27. The molecule has 2 rings (SSSR count). The highest BCUT2D eigenvalue weighted by Gasteiger charge is 2.31. The summed E-state index contributed by atoms with van der Waals surface area (Å²) in [4.78, 5) is 14.1. The molecule has 1 aromatic carbocycles. The van der Waals surface area contributed by atoms with E-state index in [4.69, 9.17) is 4.74 Å². The molecule has 1 aliphatic heterocycles. The number of halogens is 3. The Morgan fingerprint density at radius 2 is 2.17 bits per heavy atom. The predicted molar refractivity (Wildman–Crippen MR) is 85.5 cm³/mol. The molecule has 1 saturated heterocycles. The molecule has 1 heterocycles. The van der Waals surface area contributed by atoms with E-state index in [2.05, 4.69) is 4.90 Å². The number of nitrogens with zero attached hydrogens (tertiary/aromatic N) is 1.